The van der Waals surface area contributed by atoms with E-state index >= 15 is 0 Å². The van der Waals surface area contributed by atoms with Crippen LogP contribution >= 0.6 is 0 Å². The molecule has 4 aliphatic rings. The fourth-order valence-electron chi connectivity index (χ4n) is 11.5. The first-order valence-corrected chi connectivity index (χ1v) is 23.0. The molecule has 0 saturated heterocycles. The molecule has 1 fully saturated rings. The number of aromatic nitrogens is 2. The van der Waals surface area contributed by atoms with Crippen LogP contribution in [0.1, 0.15) is 86.7 Å². The molecule has 2 heteroatoms. The number of fused-ring (bicyclic) bond motifs is 8. The number of allylic oxidation sites excluding steroid dienone is 4. The van der Waals surface area contributed by atoms with Gasteiger partial charge >= 0.3 is 0 Å². The van der Waals surface area contributed by atoms with Crippen LogP contribution in [-0.4, -0.2) is 9.97 Å². The number of hydrogen-bond donors (Lipinski definition) is 0. The lowest BCUT2D eigenvalue weighted by Gasteiger charge is -2.36. The van der Waals surface area contributed by atoms with Crippen LogP contribution in [-0.2, 0) is 10.8 Å². The molecular formula is C61H50N2. The Morgan fingerprint density at radius 2 is 0.889 bits per heavy atom. The van der Waals surface area contributed by atoms with Gasteiger partial charge in [0, 0.05) is 27.5 Å². The van der Waals surface area contributed by atoms with E-state index in [-0.39, 0.29) is 10.8 Å². The molecule has 7 aromatic carbocycles. The van der Waals surface area contributed by atoms with Crippen LogP contribution < -0.4 is 0 Å². The maximum Gasteiger partial charge on any atom is 0.0973 e. The summed E-state index contributed by atoms with van der Waals surface area (Å²) in [5.74, 6) is 0. The maximum atomic E-state index is 5.50. The standard InChI is InChI=1S/C61H50N2/c1-60(2)52-24-14-13-23-48(52)50-39-55-51(38-53(50)60)49-34-33-47(37-54(49)61(55)35-15-6-16-36-61)42-27-25-40(26-28-42)41-29-31-46(32-30-41)59-58(45-21-11-5-12-22-45)62-56(43-17-7-3-8-18-43)57(63-59)44-19-9-4-10-20-44/h3-5,7-9,11-14,17-19,21-34,37-39H,6,10,15-16,20,35-36H2,1-2H3. The van der Waals surface area contributed by atoms with E-state index < -0.39 is 0 Å². The van der Waals surface area contributed by atoms with E-state index in [0.29, 0.717) is 0 Å². The highest BCUT2D eigenvalue weighted by Crippen LogP contribution is 2.60. The summed E-state index contributed by atoms with van der Waals surface area (Å²) in [6.07, 6.45) is 14.9. The predicted octanol–water partition coefficient (Wildman–Crippen LogP) is 16.1. The van der Waals surface area contributed by atoms with Crippen molar-refractivity contribution in [2.45, 2.75) is 69.6 Å². The minimum atomic E-state index is -0.00708. The highest BCUT2D eigenvalue weighted by molar-refractivity contribution is 5.91. The van der Waals surface area contributed by atoms with Gasteiger partial charge in [0.2, 0.25) is 0 Å². The first-order valence-electron chi connectivity index (χ1n) is 23.0. The van der Waals surface area contributed by atoms with Crippen molar-refractivity contribution in [1.29, 1.82) is 0 Å². The number of hydrogen-bond acceptors (Lipinski definition) is 2. The minimum Gasteiger partial charge on any atom is -0.244 e. The Morgan fingerprint density at radius 3 is 1.54 bits per heavy atom. The molecular weight excluding hydrogens is 761 g/mol. The summed E-state index contributed by atoms with van der Waals surface area (Å²) in [6.45, 7) is 4.81. The van der Waals surface area contributed by atoms with Gasteiger partial charge in [-0.1, -0.05) is 197 Å². The molecule has 8 aromatic rings. The van der Waals surface area contributed by atoms with Crippen molar-refractivity contribution >= 4 is 5.57 Å². The van der Waals surface area contributed by atoms with Crippen LogP contribution in [0.4, 0.5) is 0 Å². The van der Waals surface area contributed by atoms with E-state index in [1.807, 2.05) is 0 Å². The maximum absolute atomic E-state index is 5.50. The predicted molar refractivity (Wildman–Crippen MR) is 262 cm³/mol. The molecule has 0 atom stereocenters. The van der Waals surface area contributed by atoms with Gasteiger partial charge in [0.25, 0.3) is 0 Å². The van der Waals surface area contributed by atoms with Crippen molar-refractivity contribution in [2.24, 2.45) is 0 Å². The Balaban J connectivity index is 0.887. The van der Waals surface area contributed by atoms with Crippen molar-refractivity contribution in [3.05, 3.63) is 210 Å². The molecule has 63 heavy (non-hydrogen) atoms. The molecule has 2 nitrogen and oxygen atoms in total. The van der Waals surface area contributed by atoms with Crippen molar-refractivity contribution in [2.75, 3.05) is 0 Å². The Morgan fingerprint density at radius 1 is 0.397 bits per heavy atom. The number of nitrogens with zero attached hydrogens (tertiary/aromatic N) is 2. The van der Waals surface area contributed by atoms with E-state index in [2.05, 4.69) is 196 Å². The summed E-state index contributed by atoms with van der Waals surface area (Å²) in [5, 5.41) is 0. The second-order valence-corrected chi connectivity index (χ2v) is 18.7. The zero-order valence-electron chi connectivity index (χ0n) is 36.2. The molecule has 0 bridgehead atoms. The van der Waals surface area contributed by atoms with Gasteiger partial charge in [-0.05, 0) is 116 Å². The number of benzene rings is 7. The fourth-order valence-corrected chi connectivity index (χ4v) is 11.5. The lowest BCUT2D eigenvalue weighted by atomic mass is 9.67. The average Bonchev–Trinajstić information content (AvgIpc) is 3.74. The van der Waals surface area contributed by atoms with Crippen LogP contribution in [0.5, 0.6) is 0 Å². The van der Waals surface area contributed by atoms with Crippen molar-refractivity contribution in [3.8, 4) is 78.3 Å². The molecule has 0 unspecified atom stereocenters. The summed E-state index contributed by atoms with van der Waals surface area (Å²) in [5.41, 5.74) is 24.9. The van der Waals surface area contributed by atoms with Gasteiger partial charge in [-0.15, -0.1) is 0 Å². The lowest BCUT2D eigenvalue weighted by Crippen LogP contribution is -2.28. The van der Waals surface area contributed by atoms with E-state index in [1.54, 1.807) is 11.1 Å². The highest BCUT2D eigenvalue weighted by atomic mass is 14.9. The molecule has 1 heterocycles. The third-order valence-electron chi connectivity index (χ3n) is 14.8. The van der Waals surface area contributed by atoms with Crippen molar-refractivity contribution in [3.63, 3.8) is 0 Å². The van der Waals surface area contributed by atoms with Crippen molar-refractivity contribution < 1.29 is 0 Å². The zero-order valence-corrected chi connectivity index (χ0v) is 36.2. The lowest BCUT2D eigenvalue weighted by molar-refractivity contribution is 0.353. The first-order chi connectivity index (χ1) is 31.0. The summed E-state index contributed by atoms with van der Waals surface area (Å²) in [7, 11) is 0. The molecule has 304 valence electrons. The topological polar surface area (TPSA) is 25.8 Å². The largest absolute Gasteiger partial charge is 0.244 e. The van der Waals surface area contributed by atoms with Crippen LogP contribution in [0.2, 0.25) is 0 Å². The molecule has 0 amide bonds. The molecule has 1 spiro atoms. The van der Waals surface area contributed by atoms with Gasteiger partial charge in [-0.25, -0.2) is 9.97 Å². The molecule has 0 radical (unpaired) electrons. The van der Waals surface area contributed by atoms with E-state index in [4.69, 9.17) is 9.97 Å². The van der Waals surface area contributed by atoms with Gasteiger partial charge in [0.15, 0.2) is 0 Å². The SMILES string of the molecule is CC1(C)c2ccccc2-c2cc3c(cc21)-c1ccc(-c2ccc(-c4ccc(-c5nc(C6=CC=CCC6)c(-c6ccccc6)nc5-c5ccccc5)cc4)cc2)cc1C31CCCCC1. The summed E-state index contributed by atoms with van der Waals surface area (Å²) in [6, 6.07) is 60.8. The van der Waals surface area contributed by atoms with Crippen LogP contribution in [0, 0.1) is 0 Å². The third-order valence-corrected chi connectivity index (χ3v) is 14.8. The van der Waals surface area contributed by atoms with Gasteiger partial charge in [0.1, 0.15) is 0 Å². The first kappa shape index (κ1) is 37.8. The quantitative estimate of drug-likeness (QED) is 0.167. The smallest absolute Gasteiger partial charge is 0.0973 e. The highest BCUT2D eigenvalue weighted by Gasteiger charge is 2.46. The monoisotopic (exact) mass is 810 g/mol. The second-order valence-electron chi connectivity index (χ2n) is 18.7. The van der Waals surface area contributed by atoms with Gasteiger partial charge in [0.05, 0.1) is 22.8 Å². The van der Waals surface area contributed by atoms with Crippen LogP contribution in [0.25, 0.3) is 83.9 Å². The zero-order chi connectivity index (χ0) is 42.1. The van der Waals surface area contributed by atoms with Crippen molar-refractivity contribution in [1.82, 2.24) is 9.97 Å². The third kappa shape index (κ3) is 6.14. The Bertz CT molecular complexity index is 3130. The molecule has 1 aromatic heterocycles. The van der Waals surface area contributed by atoms with Gasteiger partial charge < -0.3 is 0 Å². The van der Waals surface area contributed by atoms with E-state index in [1.165, 1.54) is 93.3 Å². The average molecular weight is 811 g/mol. The summed E-state index contributed by atoms with van der Waals surface area (Å²) >= 11 is 0. The van der Waals surface area contributed by atoms with Crippen LogP contribution in [0.3, 0.4) is 0 Å². The number of rotatable bonds is 6. The van der Waals surface area contributed by atoms with Gasteiger partial charge in [-0.3, -0.25) is 0 Å². The molecule has 0 aliphatic heterocycles. The van der Waals surface area contributed by atoms with E-state index in [9.17, 15) is 0 Å². The Labute approximate surface area is 371 Å². The van der Waals surface area contributed by atoms with E-state index in [0.717, 1.165) is 52.3 Å². The molecule has 4 aliphatic carbocycles. The fraction of sp³-hybridized carbons (Fsp3) is 0.180. The van der Waals surface area contributed by atoms with Gasteiger partial charge in [-0.2, -0.15) is 0 Å². The Kier molecular flexibility index (Phi) is 8.94. The Hall–Kier alpha value is -6.90. The summed E-state index contributed by atoms with van der Waals surface area (Å²) < 4.78 is 0. The molecule has 1 saturated carbocycles. The minimum absolute atomic E-state index is 0.00708. The second kappa shape index (κ2) is 14.9. The molecule has 0 N–H and O–H groups in total. The normalized spacial score (nSPS) is 16.3. The van der Waals surface area contributed by atoms with Crippen LogP contribution in [0.15, 0.2) is 182 Å². The molecule has 12 rings (SSSR count). The summed E-state index contributed by atoms with van der Waals surface area (Å²) in [4.78, 5) is 10.9.